The summed E-state index contributed by atoms with van der Waals surface area (Å²) in [5.41, 5.74) is 0.0642. The van der Waals surface area contributed by atoms with Crippen molar-refractivity contribution in [3.8, 4) is 0 Å². The van der Waals surface area contributed by atoms with Crippen molar-refractivity contribution in [1.82, 2.24) is 4.90 Å². The summed E-state index contributed by atoms with van der Waals surface area (Å²) >= 11 is 0. The number of Topliss-reactive ketones (excluding diaryl/α,β-unsaturated/α-hetero) is 1. The highest BCUT2D eigenvalue weighted by molar-refractivity contribution is 5.82. The van der Waals surface area contributed by atoms with Crippen LogP contribution in [0.5, 0.6) is 0 Å². The molecule has 0 aromatic carbocycles. The Labute approximate surface area is 113 Å². The predicted octanol–water partition coefficient (Wildman–Crippen LogP) is 3.66. The molecule has 0 N–H and O–H groups in total. The van der Waals surface area contributed by atoms with Gasteiger partial charge < -0.3 is 0 Å². The zero-order valence-corrected chi connectivity index (χ0v) is 12.0. The molecule has 112 valence electrons. The third-order valence-corrected chi connectivity index (χ3v) is 3.72. The normalized spacial score (nSPS) is 23.9. The van der Waals surface area contributed by atoms with Crippen LogP contribution in [0.3, 0.4) is 0 Å². The van der Waals surface area contributed by atoms with E-state index >= 15 is 0 Å². The molecule has 1 atom stereocenters. The summed E-state index contributed by atoms with van der Waals surface area (Å²) in [6.45, 7) is 5.75. The number of alkyl halides is 3. The quantitative estimate of drug-likeness (QED) is 0.765. The number of halogens is 3. The van der Waals surface area contributed by atoms with Gasteiger partial charge >= 0.3 is 6.18 Å². The summed E-state index contributed by atoms with van der Waals surface area (Å²) in [6, 6.07) is 0. The maximum absolute atomic E-state index is 12.5. The van der Waals surface area contributed by atoms with Crippen LogP contribution in [0, 0.1) is 11.3 Å². The third kappa shape index (κ3) is 5.93. The van der Waals surface area contributed by atoms with Gasteiger partial charge in [0.15, 0.2) is 0 Å². The van der Waals surface area contributed by atoms with Crippen LogP contribution in [0.1, 0.15) is 46.5 Å². The summed E-state index contributed by atoms with van der Waals surface area (Å²) < 4.78 is 37.5. The van der Waals surface area contributed by atoms with Gasteiger partial charge in [-0.25, -0.2) is 0 Å². The molecule has 5 heteroatoms. The molecule has 0 aromatic heterocycles. The Morgan fingerprint density at radius 1 is 1.37 bits per heavy atom. The highest BCUT2D eigenvalue weighted by Crippen LogP contribution is 2.37. The molecular formula is C14H24F3NO. The highest BCUT2D eigenvalue weighted by atomic mass is 19.4. The number of hydrogen-bond donors (Lipinski definition) is 0. The van der Waals surface area contributed by atoms with Crippen LogP contribution in [-0.4, -0.2) is 36.5 Å². The zero-order chi connectivity index (χ0) is 14.7. The van der Waals surface area contributed by atoms with E-state index in [1.165, 1.54) is 4.90 Å². The number of nitrogens with zero attached hydrogens (tertiary/aromatic N) is 1. The molecule has 1 saturated carbocycles. The van der Waals surface area contributed by atoms with Gasteiger partial charge in [0, 0.05) is 18.9 Å². The summed E-state index contributed by atoms with van der Waals surface area (Å²) in [5, 5.41) is 0. The fourth-order valence-corrected chi connectivity index (χ4v) is 2.83. The Bertz CT molecular complexity index is 312. The standard InChI is InChI=1S/C14H24F3NO/c1-4-7-18(10-14(15,16)17)9-11-8-13(2,3)6-5-12(11)19/h11H,4-10H2,1-3H3. The summed E-state index contributed by atoms with van der Waals surface area (Å²) in [7, 11) is 0. The Morgan fingerprint density at radius 3 is 2.53 bits per heavy atom. The molecule has 0 spiro atoms. The second kappa shape index (κ2) is 6.25. The van der Waals surface area contributed by atoms with E-state index in [-0.39, 0.29) is 23.7 Å². The summed E-state index contributed by atoms with van der Waals surface area (Å²) in [4.78, 5) is 13.3. The van der Waals surface area contributed by atoms with E-state index in [4.69, 9.17) is 0 Å². The van der Waals surface area contributed by atoms with Crippen LogP contribution in [0.15, 0.2) is 0 Å². The fraction of sp³-hybridized carbons (Fsp3) is 0.929. The molecule has 0 aromatic rings. The van der Waals surface area contributed by atoms with Gasteiger partial charge in [-0.05, 0) is 31.2 Å². The molecular weight excluding hydrogens is 255 g/mol. The Balaban J connectivity index is 2.64. The molecule has 0 heterocycles. The number of carbonyl (C=O) groups is 1. The van der Waals surface area contributed by atoms with E-state index in [1.807, 2.05) is 6.92 Å². The minimum absolute atomic E-state index is 0.0642. The van der Waals surface area contributed by atoms with Crippen LogP contribution in [-0.2, 0) is 4.79 Å². The Kier molecular flexibility index (Phi) is 5.42. The van der Waals surface area contributed by atoms with E-state index in [0.29, 0.717) is 25.8 Å². The molecule has 1 unspecified atom stereocenters. The molecule has 0 radical (unpaired) electrons. The molecule has 1 aliphatic carbocycles. The van der Waals surface area contributed by atoms with E-state index in [9.17, 15) is 18.0 Å². The van der Waals surface area contributed by atoms with Gasteiger partial charge in [-0.15, -0.1) is 0 Å². The molecule has 1 rings (SSSR count). The van der Waals surface area contributed by atoms with Crippen molar-refractivity contribution in [3.05, 3.63) is 0 Å². The average Bonchev–Trinajstić information content (AvgIpc) is 2.21. The van der Waals surface area contributed by atoms with Gasteiger partial charge in [-0.2, -0.15) is 13.2 Å². The molecule has 0 aliphatic heterocycles. The van der Waals surface area contributed by atoms with Crippen molar-refractivity contribution in [2.24, 2.45) is 11.3 Å². The Morgan fingerprint density at radius 2 is 2.00 bits per heavy atom. The molecule has 2 nitrogen and oxygen atoms in total. The van der Waals surface area contributed by atoms with E-state index in [1.54, 1.807) is 0 Å². The van der Waals surface area contributed by atoms with E-state index in [0.717, 1.165) is 6.42 Å². The molecule has 1 aliphatic rings. The monoisotopic (exact) mass is 279 g/mol. The molecule has 0 amide bonds. The SMILES string of the molecule is CCCN(CC1CC(C)(C)CCC1=O)CC(F)(F)F. The van der Waals surface area contributed by atoms with Crippen molar-refractivity contribution in [3.63, 3.8) is 0 Å². The van der Waals surface area contributed by atoms with Crippen molar-refractivity contribution in [2.75, 3.05) is 19.6 Å². The molecule has 0 saturated heterocycles. The number of rotatable bonds is 5. The maximum Gasteiger partial charge on any atom is 0.401 e. The van der Waals surface area contributed by atoms with E-state index < -0.39 is 12.7 Å². The number of hydrogen-bond acceptors (Lipinski definition) is 2. The average molecular weight is 279 g/mol. The van der Waals surface area contributed by atoms with Gasteiger partial charge in [0.05, 0.1) is 6.54 Å². The highest BCUT2D eigenvalue weighted by Gasteiger charge is 2.37. The van der Waals surface area contributed by atoms with Gasteiger partial charge in [-0.1, -0.05) is 20.8 Å². The lowest BCUT2D eigenvalue weighted by molar-refractivity contribution is -0.150. The first-order valence-corrected chi connectivity index (χ1v) is 6.95. The van der Waals surface area contributed by atoms with Crippen LogP contribution in [0.4, 0.5) is 13.2 Å². The number of carbonyl (C=O) groups excluding carboxylic acids is 1. The lowest BCUT2D eigenvalue weighted by Gasteiger charge is -2.36. The minimum atomic E-state index is -4.19. The second-order valence-electron chi connectivity index (χ2n) is 6.38. The predicted molar refractivity (Wildman–Crippen MR) is 68.9 cm³/mol. The van der Waals surface area contributed by atoms with Gasteiger partial charge in [0.2, 0.25) is 0 Å². The topological polar surface area (TPSA) is 20.3 Å². The van der Waals surface area contributed by atoms with Crippen LogP contribution < -0.4 is 0 Å². The minimum Gasteiger partial charge on any atom is -0.299 e. The lowest BCUT2D eigenvalue weighted by Crippen LogP contribution is -2.42. The first-order valence-electron chi connectivity index (χ1n) is 6.95. The van der Waals surface area contributed by atoms with Gasteiger partial charge in [-0.3, -0.25) is 9.69 Å². The van der Waals surface area contributed by atoms with Crippen LogP contribution in [0.2, 0.25) is 0 Å². The smallest absolute Gasteiger partial charge is 0.299 e. The lowest BCUT2D eigenvalue weighted by atomic mass is 9.71. The maximum atomic E-state index is 12.5. The fourth-order valence-electron chi connectivity index (χ4n) is 2.83. The van der Waals surface area contributed by atoms with Gasteiger partial charge in [0.1, 0.15) is 5.78 Å². The first kappa shape index (κ1) is 16.5. The second-order valence-corrected chi connectivity index (χ2v) is 6.38. The zero-order valence-electron chi connectivity index (χ0n) is 12.0. The Hall–Kier alpha value is -0.580. The number of ketones is 1. The van der Waals surface area contributed by atoms with Crippen molar-refractivity contribution >= 4 is 5.78 Å². The van der Waals surface area contributed by atoms with Crippen molar-refractivity contribution < 1.29 is 18.0 Å². The van der Waals surface area contributed by atoms with Crippen molar-refractivity contribution in [2.45, 2.75) is 52.6 Å². The molecule has 0 bridgehead atoms. The summed E-state index contributed by atoms with van der Waals surface area (Å²) in [6.07, 6.45) is -1.48. The molecule has 19 heavy (non-hydrogen) atoms. The largest absolute Gasteiger partial charge is 0.401 e. The van der Waals surface area contributed by atoms with Crippen LogP contribution in [0.25, 0.3) is 0 Å². The first-order chi connectivity index (χ1) is 8.63. The van der Waals surface area contributed by atoms with Crippen LogP contribution >= 0.6 is 0 Å². The van der Waals surface area contributed by atoms with E-state index in [2.05, 4.69) is 13.8 Å². The molecule has 1 fully saturated rings. The van der Waals surface area contributed by atoms with Gasteiger partial charge in [0.25, 0.3) is 0 Å². The van der Waals surface area contributed by atoms with Crippen molar-refractivity contribution in [1.29, 1.82) is 0 Å². The third-order valence-electron chi connectivity index (χ3n) is 3.72. The summed E-state index contributed by atoms with van der Waals surface area (Å²) in [5.74, 6) is -0.111.